The minimum atomic E-state index is 0.442. The Hall–Kier alpha value is -0.0400. The Morgan fingerprint density at radius 2 is 2.00 bits per heavy atom. The molecule has 0 amide bonds. The van der Waals surface area contributed by atoms with E-state index in [-0.39, 0.29) is 0 Å². The Morgan fingerprint density at radius 3 is 2.33 bits per heavy atom. The summed E-state index contributed by atoms with van der Waals surface area (Å²) in [5.74, 6) is 0. The molecule has 0 aliphatic carbocycles. The highest BCUT2D eigenvalue weighted by Gasteiger charge is 2.12. The smallest absolute Gasteiger partial charge is 0.000241 e. The summed E-state index contributed by atoms with van der Waals surface area (Å²) in [5, 5.41) is 3.23. The molecule has 0 atom stereocenters. The van der Waals surface area contributed by atoms with Crippen LogP contribution in [0.4, 0.5) is 0 Å². The minimum absolute atomic E-state index is 0.442. The first-order valence-corrected chi connectivity index (χ1v) is 3.62. The van der Waals surface area contributed by atoms with Gasteiger partial charge in [-0.05, 0) is 25.3 Å². The average molecular weight is 128 g/mol. The first kappa shape index (κ1) is 8.96. The SMILES string of the molecule is [CH2]CNCC(C)(C)CC. The van der Waals surface area contributed by atoms with Crippen LogP contribution in [0.1, 0.15) is 27.2 Å². The number of hydrogen-bond acceptors (Lipinski definition) is 1. The molecule has 0 rings (SSSR count). The second kappa shape index (κ2) is 3.89. The van der Waals surface area contributed by atoms with E-state index >= 15 is 0 Å². The van der Waals surface area contributed by atoms with Crippen LogP contribution in [-0.4, -0.2) is 13.1 Å². The summed E-state index contributed by atoms with van der Waals surface area (Å²) >= 11 is 0. The van der Waals surface area contributed by atoms with Crippen molar-refractivity contribution in [2.75, 3.05) is 13.1 Å². The van der Waals surface area contributed by atoms with Crippen molar-refractivity contribution >= 4 is 0 Å². The number of nitrogens with one attached hydrogen (secondary N) is 1. The molecule has 1 nitrogen and oxygen atoms in total. The molecule has 0 fully saturated rings. The second-order valence-electron chi connectivity index (χ2n) is 3.19. The van der Waals surface area contributed by atoms with Gasteiger partial charge in [0.15, 0.2) is 0 Å². The van der Waals surface area contributed by atoms with Gasteiger partial charge in [-0.15, -0.1) is 0 Å². The fourth-order valence-corrected chi connectivity index (χ4v) is 0.552. The molecule has 1 heteroatoms. The lowest BCUT2D eigenvalue weighted by molar-refractivity contribution is 0.334. The zero-order chi connectivity index (χ0) is 7.33. The zero-order valence-corrected chi connectivity index (χ0v) is 6.83. The van der Waals surface area contributed by atoms with E-state index in [0.717, 1.165) is 13.1 Å². The predicted molar refractivity (Wildman–Crippen MR) is 42.3 cm³/mol. The molecule has 0 aliphatic heterocycles. The molecule has 0 aliphatic rings. The van der Waals surface area contributed by atoms with Gasteiger partial charge in [0, 0.05) is 6.54 Å². The van der Waals surface area contributed by atoms with Crippen LogP contribution in [-0.2, 0) is 0 Å². The van der Waals surface area contributed by atoms with E-state index in [4.69, 9.17) is 0 Å². The van der Waals surface area contributed by atoms with Crippen LogP contribution in [0, 0.1) is 12.3 Å². The molecule has 0 saturated heterocycles. The Bertz CT molecular complexity index is 67.0. The molecule has 0 unspecified atom stereocenters. The summed E-state index contributed by atoms with van der Waals surface area (Å²) in [5.41, 5.74) is 0.442. The summed E-state index contributed by atoms with van der Waals surface area (Å²) in [6.45, 7) is 12.4. The van der Waals surface area contributed by atoms with Crippen LogP contribution < -0.4 is 5.32 Å². The minimum Gasteiger partial charge on any atom is -0.316 e. The van der Waals surface area contributed by atoms with Crippen LogP contribution in [0.2, 0.25) is 0 Å². The van der Waals surface area contributed by atoms with Crippen LogP contribution in [0.3, 0.4) is 0 Å². The molecule has 0 spiro atoms. The van der Waals surface area contributed by atoms with Crippen molar-refractivity contribution in [1.29, 1.82) is 0 Å². The maximum atomic E-state index is 3.71. The highest BCUT2D eigenvalue weighted by molar-refractivity contribution is 4.69. The van der Waals surface area contributed by atoms with Crippen molar-refractivity contribution in [3.05, 3.63) is 6.92 Å². The third-order valence-electron chi connectivity index (χ3n) is 1.74. The lowest BCUT2D eigenvalue weighted by atomic mass is 9.90. The van der Waals surface area contributed by atoms with Gasteiger partial charge in [-0.2, -0.15) is 0 Å². The molecule has 1 radical (unpaired) electrons. The molecule has 55 valence electrons. The predicted octanol–water partition coefficient (Wildman–Crippen LogP) is 1.85. The van der Waals surface area contributed by atoms with E-state index in [1.807, 2.05) is 0 Å². The standard InChI is InChI=1S/C8H18N/c1-5-8(3,4)7-9-6-2/h9H,2,5-7H2,1,3-4H3. The largest absolute Gasteiger partial charge is 0.316 e. The molecule has 0 aromatic carbocycles. The lowest BCUT2D eigenvalue weighted by Gasteiger charge is -2.22. The van der Waals surface area contributed by atoms with Crippen molar-refractivity contribution in [3.63, 3.8) is 0 Å². The Balaban J connectivity index is 3.33. The van der Waals surface area contributed by atoms with Crippen LogP contribution >= 0.6 is 0 Å². The first-order chi connectivity index (χ1) is 4.12. The molecular weight excluding hydrogens is 110 g/mol. The maximum absolute atomic E-state index is 3.71. The van der Waals surface area contributed by atoms with Crippen molar-refractivity contribution in [2.45, 2.75) is 27.2 Å². The van der Waals surface area contributed by atoms with E-state index in [1.165, 1.54) is 6.42 Å². The van der Waals surface area contributed by atoms with Gasteiger partial charge in [-0.1, -0.05) is 20.8 Å². The quantitative estimate of drug-likeness (QED) is 0.609. The van der Waals surface area contributed by atoms with Gasteiger partial charge in [0.25, 0.3) is 0 Å². The lowest BCUT2D eigenvalue weighted by Crippen LogP contribution is -2.28. The number of hydrogen-bond donors (Lipinski definition) is 1. The van der Waals surface area contributed by atoms with Crippen LogP contribution in [0.25, 0.3) is 0 Å². The maximum Gasteiger partial charge on any atom is 0.000241 e. The first-order valence-electron chi connectivity index (χ1n) is 3.62. The van der Waals surface area contributed by atoms with Gasteiger partial charge in [0.05, 0.1) is 0 Å². The van der Waals surface area contributed by atoms with E-state index in [9.17, 15) is 0 Å². The van der Waals surface area contributed by atoms with Gasteiger partial charge < -0.3 is 5.32 Å². The summed E-state index contributed by atoms with van der Waals surface area (Å²) < 4.78 is 0. The molecular formula is C8H18N. The average Bonchev–Trinajstić information content (AvgIpc) is 1.84. The van der Waals surface area contributed by atoms with Crippen molar-refractivity contribution < 1.29 is 0 Å². The van der Waals surface area contributed by atoms with Gasteiger partial charge >= 0.3 is 0 Å². The Labute approximate surface area is 58.8 Å². The third kappa shape index (κ3) is 4.46. The molecule has 0 heterocycles. The van der Waals surface area contributed by atoms with E-state index < -0.39 is 0 Å². The van der Waals surface area contributed by atoms with Gasteiger partial charge in [-0.25, -0.2) is 0 Å². The monoisotopic (exact) mass is 128 g/mol. The molecule has 0 saturated carbocycles. The van der Waals surface area contributed by atoms with E-state index in [1.54, 1.807) is 0 Å². The summed E-state index contributed by atoms with van der Waals surface area (Å²) in [6, 6.07) is 0. The van der Waals surface area contributed by atoms with Crippen molar-refractivity contribution in [1.82, 2.24) is 5.32 Å². The Kier molecular flexibility index (Phi) is 3.87. The third-order valence-corrected chi connectivity index (χ3v) is 1.74. The fraction of sp³-hybridized carbons (Fsp3) is 0.875. The summed E-state index contributed by atoms with van der Waals surface area (Å²) in [4.78, 5) is 0. The molecule has 1 N–H and O–H groups in total. The molecule has 0 aromatic rings. The van der Waals surface area contributed by atoms with Crippen molar-refractivity contribution in [3.8, 4) is 0 Å². The topological polar surface area (TPSA) is 12.0 Å². The molecule has 9 heavy (non-hydrogen) atoms. The second-order valence-corrected chi connectivity index (χ2v) is 3.19. The summed E-state index contributed by atoms with van der Waals surface area (Å²) in [6.07, 6.45) is 1.22. The van der Waals surface area contributed by atoms with Crippen LogP contribution in [0.15, 0.2) is 0 Å². The zero-order valence-electron chi connectivity index (χ0n) is 6.83. The fourth-order valence-electron chi connectivity index (χ4n) is 0.552. The highest BCUT2D eigenvalue weighted by atomic mass is 14.9. The Morgan fingerprint density at radius 1 is 1.44 bits per heavy atom. The summed E-state index contributed by atoms with van der Waals surface area (Å²) in [7, 11) is 0. The van der Waals surface area contributed by atoms with E-state index in [2.05, 4.69) is 33.0 Å². The van der Waals surface area contributed by atoms with E-state index in [0.29, 0.717) is 5.41 Å². The number of rotatable bonds is 4. The van der Waals surface area contributed by atoms with Crippen LogP contribution in [0.5, 0.6) is 0 Å². The molecule has 0 bridgehead atoms. The van der Waals surface area contributed by atoms with Gasteiger partial charge in [-0.3, -0.25) is 0 Å². The van der Waals surface area contributed by atoms with Gasteiger partial charge in [0.2, 0.25) is 0 Å². The normalized spacial score (nSPS) is 12.0. The highest BCUT2D eigenvalue weighted by Crippen LogP contribution is 2.17. The van der Waals surface area contributed by atoms with Crippen molar-refractivity contribution in [2.24, 2.45) is 5.41 Å². The van der Waals surface area contributed by atoms with Gasteiger partial charge in [0.1, 0.15) is 0 Å². The molecule has 0 aromatic heterocycles.